The minimum Gasteiger partial charge on any atom is -0.378 e. The molecule has 5 rings (SSSR count). The Hall–Kier alpha value is -2.66. The number of anilines is 1. The average Bonchev–Trinajstić information content (AvgIpc) is 3.33. The van der Waals surface area contributed by atoms with Crippen molar-refractivity contribution < 1.29 is 9.53 Å². The number of hydrogen-bond donors (Lipinski definition) is 0. The van der Waals surface area contributed by atoms with Crippen LogP contribution in [-0.2, 0) is 17.7 Å². The summed E-state index contributed by atoms with van der Waals surface area (Å²) in [4.78, 5) is 22.9. The van der Waals surface area contributed by atoms with Crippen molar-refractivity contribution in [1.82, 2.24) is 14.3 Å². The van der Waals surface area contributed by atoms with E-state index in [1.807, 2.05) is 18.3 Å². The van der Waals surface area contributed by atoms with Crippen LogP contribution in [-0.4, -0.2) is 60.5 Å². The van der Waals surface area contributed by atoms with Gasteiger partial charge in [-0.2, -0.15) is 0 Å². The molecule has 4 heterocycles. The molecular formula is C26H30N4O2S. The van der Waals surface area contributed by atoms with Crippen LogP contribution in [0.5, 0.6) is 0 Å². The summed E-state index contributed by atoms with van der Waals surface area (Å²) in [5.74, 6) is 7.15. The Kier molecular flexibility index (Phi) is 5.77. The molecule has 6 nitrogen and oxygen atoms in total. The van der Waals surface area contributed by atoms with Crippen LogP contribution in [0.1, 0.15) is 52.3 Å². The van der Waals surface area contributed by atoms with Crippen LogP contribution < -0.4 is 4.90 Å². The number of ether oxygens (including phenoxy) is 1. The SMILES string of the molecule is CN(C)Cc1cnc2ccc(C#Cc3c(N4CCOCC4)sc4c3CC(C)(C)CC4=O)cn12. The highest BCUT2D eigenvalue weighted by Gasteiger charge is 2.36. The lowest BCUT2D eigenvalue weighted by molar-refractivity contribution is 0.0917. The molecule has 1 fully saturated rings. The molecule has 3 aromatic heterocycles. The maximum atomic E-state index is 13.0. The second-order valence-electron chi connectivity index (χ2n) is 10.0. The molecule has 1 aliphatic heterocycles. The van der Waals surface area contributed by atoms with Crippen LogP contribution in [0.3, 0.4) is 0 Å². The third-order valence-corrected chi connectivity index (χ3v) is 7.56. The summed E-state index contributed by atoms with van der Waals surface area (Å²) in [7, 11) is 4.11. The fraction of sp³-hybridized carbons (Fsp3) is 0.462. The molecule has 0 atom stereocenters. The number of ketones is 1. The first kappa shape index (κ1) is 22.1. The molecule has 1 aliphatic carbocycles. The Morgan fingerprint density at radius 1 is 1.18 bits per heavy atom. The summed E-state index contributed by atoms with van der Waals surface area (Å²) in [6.07, 6.45) is 5.47. The van der Waals surface area contributed by atoms with Gasteiger partial charge in [0, 0.05) is 37.8 Å². The molecule has 0 amide bonds. The molecule has 0 spiro atoms. The maximum absolute atomic E-state index is 13.0. The van der Waals surface area contributed by atoms with Crippen molar-refractivity contribution in [1.29, 1.82) is 0 Å². The van der Waals surface area contributed by atoms with Crippen LogP contribution in [0.25, 0.3) is 5.65 Å². The van der Waals surface area contributed by atoms with E-state index >= 15 is 0 Å². The lowest BCUT2D eigenvalue weighted by Gasteiger charge is -2.29. The molecule has 0 radical (unpaired) electrons. The third-order valence-electron chi connectivity index (χ3n) is 6.23. The normalized spacial score (nSPS) is 17.8. The summed E-state index contributed by atoms with van der Waals surface area (Å²) in [6.45, 7) is 8.25. The molecule has 0 unspecified atom stereocenters. The number of carbonyl (C=O) groups is 1. The van der Waals surface area contributed by atoms with Crippen LogP contribution >= 0.6 is 11.3 Å². The fourth-order valence-electron chi connectivity index (χ4n) is 4.70. The van der Waals surface area contributed by atoms with Crippen LogP contribution in [0.2, 0.25) is 0 Å². The Morgan fingerprint density at radius 3 is 2.73 bits per heavy atom. The number of morpholine rings is 1. The number of fused-ring (bicyclic) bond motifs is 2. The van der Waals surface area contributed by atoms with Gasteiger partial charge in [-0.15, -0.1) is 11.3 Å². The smallest absolute Gasteiger partial charge is 0.173 e. The number of aromatic nitrogens is 2. The predicted molar refractivity (Wildman–Crippen MR) is 132 cm³/mol. The number of imidazole rings is 1. The zero-order valence-electron chi connectivity index (χ0n) is 19.8. The van der Waals surface area contributed by atoms with Crippen molar-refractivity contribution in [2.24, 2.45) is 5.41 Å². The lowest BCUT2D eigenvalue weighted by Crippen LogP contribution is -2.36. The Balaban J connectivity index is 1.58. The number of hydrogen-bond acceptors (Lipinski definition) is 6. The van der Waals surface area contributed by atoms with E-state index in [0.29, 0.717) is 19.6 Å². The summed E-state index contributed by atoms with van der Waals surface area (Å²) >= 11 is 1.62. The van der Waals surface area contributed by atoms with E-state index in [1.54, 1.807) is 11.3 Å². The quantitative estimate of drug-likeness (QED) is 0.554. The molecular weight excluding hydrogens is 432 g/mol. The highest BCUT2D eigenvalue weighted by Crippen LogP contribution is 2.44. The molecule has 172 valence electrons. The number of carbonyl (C=O) groups excluding carboxylic acids is 1. The number of Topliss-reactive ketones (excluding diaryl/α,β-unsaturated/α-hetero) is 1. The summed E-state index contributed by atoms with van der Waals surface area (Å²) < 4.78 is 7.68. The van der Waals surface area contributed by atoms with Gasteiger partial charge in [-0.05, 0) is 43.6 Å². The van der Waals surface area contributed by atoms with Crippen molar-refractivity contribution in [3.05, 3.63) is 51.8 Å². The minimum atomic E-state index is -0.0410. The zero-order valence-corrected chi connectivity index (χ0v) is 20.6. The molecule has 1 saturated heterocycles. The molecule has 33 heavy (non-hydrogen) atoms. The molecule has 2 aliphatic rings. The van der Waals surface area contributed by atoms with E-state index in [-0.39, 0.29) is 11.2 Å². The van der Waals surface area contributed by atoms with E-state index in [4.69, 9.17) is 4.74 Å². The van der Waals surface area contributed by atoms with Crippen LogP contribution in [0.4, 0.5) is 5.00 Å². The Labute approximate surface area is 199 Å². The Bertz CT molecular complexity index is 1270. The summed E-state index contributed by atoms with van der Waals surface area (Å²) in [5, 5.41) is 1.12. The number of pyridine rings is 1. The van der Waals surface area contributed by atoms with Gasteiger partial charge in [-0.3, -0.25) is 4.79 Å². The first-order valence-electron chi connectivity index (χ1n) is 11.4. The molecule has 0 bridgehead atoms. The first-order valence-corrected chi connectivity index (χ1v) is 12.3. The monoisotopic (exact) mass is 462 g/mol. The van der Waals surface area contributed by atoms with Gasteiger partial charge in [-0.1, -0.05) is 25.7 Å². The standard InChI is InChI=1S/C26H30N4O2S/c1-26(2)13-21-20(25(29-9-11-32-12-10-29)33-24(21)22(31)14-26)7-5-18-6-8-23-27-15-19(17-28(3)4)30(23)16-18/h6,8,15-16H,9-14,17H2,1-4H3. The number of nitrogens with zero attached hydrogens (tertiary/aromatic N) is 4. The third kappa shape index (κ3) is 4.43. The molecule has 7 heteroatoms. The van der Waals surface area contributed by atoms with Gasteiger partial charge in [0.15, 0.2) is 5.78 Å². The second kappa shape index (κ2) is 8.60. The molecule has 0 aromatic carbocycles. The molecule has 0 N–H and O–H groups in total. The van der Waals surface area contributed by atoms with Gasteiger partial charge in [0.25, 0.3) is 0 Å². The van der Waals surface area contributed by atoms with E-state index < -0.39 is 0 Å². The Morgan fingerprint density at radius 2 is 1.97 bits per heavy atom. The average molecular weight is 463 g/mol. The summed E-state index contributed by atoms with van der Waals surface area (Å²) in [5.41, 5.74) is 5.11. The van der Waals surface area contributed by atoms with Gasteiger partial charge in [0.2, 0.25) is 0 Å². The van der Waals surface area contributed by atoms with Gasteiger partial charge >= 0.3 is 0 Å². The van der Waals surface area contributed by atoms with Gasteiger partial charge in [0.05, 0.1) is 35.5 Å². The van der Waals surface area contributed by atoms with Crippen molar-refractivity contribution in [2.45, 2.75) is 33.2 Å². The van der Waals surface area contributed by atoms with Crippen molar-refractivity contribution in [2.75, 3.05) is 45.3 Å². The van der Waals surface area contributed by atoms with E-state index in [2.05, 4.69) is 65.2 Å². The highest BCUT2D eigenvalue weighted by atomic mass is 32.1. The van der Waals surface area contributed by atoms with E-state index in [1.165, 1.54) is 0 Å². The highest BCUT2D eigenvalue weighted by molar-refractivity contribution is 7.18. The van der Waals surface area contributed by atoms with Gasteiger partial charge in [0.1, 0.15) is 10.6 Å². The summed E-state index contributed by atoms with van der Waals surface area (Å²) in [6, 6.07) is 4.04. The fourth-order valence-corrected chi connectivity index (χ4v) is 5.97. The van der Waals surface area contributed by atoms with Gasteiger partial charge < -0.3 is 18.9 Å². The molecule has 3 aromatic rings. The second-order valence-corrected chi connectivity index (χ2v) is 11.0. The largest absolute Gasteiger partial charge is 0.378 e. The van der Waals surface area contributed by atoms with Crippen molar-refractivity contribution in [3.8, 4) is 11.8 Å². The van der Waals surface area contributed by atoms with Crippen LogP contribution in [0, 0.1) is 17.3 Å². The van der Waals surface area contributed by atoms with Crippen molar-refractivity contribution >= 4 is 27.8 Å². The van der Waals surface area contributed by atoms with Crippen molar-refractivity contribution in [3.63, 3.8) is 0 Å². The zero-order chi connectivity index (χ0) is 23.2. The van der Waals surface area contributed by atoms with Crippen LogP contribution in [0.15, 0.2) is 24.5 Å². The predicted octanol–water partition coefficient (Wildman–Crippen LogP) is 3.85. The first-order chi connectivity index (χ1) is 15.8. The van der Waals surface area contributed by atoms with E-state index in [9.17, 15) is 4.79 Å². The minimum absolute atomic E-state index is 0.0410. The maximum Gasteiger partial charge on any atom is 0.173 e. The number of rotatable bonds is 3. The topological polar surface area (TPSA) is 50.1 Å². The molecule has 0 saturated carbocycles. The van der Waals surface area contributed by atoms with E-state index in [0.717, 1.165) is 64.0 Å². The lowest BCUT2D eigenvalue weighted by atomic mass is 9.75. The number of thiophene rings is 1. The van der Waals surface area contributed by atoms with Gasteiger partial charge in [-0.25, -0.2) is 4.98 Å².